The zero-order valence-corrected chi connectivity index (χ0v) is 16.7. The number of benzene rings is 1. The minimum atomic E-state index is -0.246. The standard InChI is InChI=1S/C21H28N4O3/c1-14(2)12-22-21(27)19-24-18(17-6-4-5-11-25(17)19)20(26)23-13-15-7-9-16(28-3)10-8-15/h7-10,14H,4-6,11-13H2,1-3H3,(H,22,27)(H,23,26). The second-order valence-corrected chi connectivity index (χ2v) is 7.47. The highest BCUT2D eigenvalue weighted by Crippen LogP contribution is 2.21. The van der Waals surface area contributed by atoms with Crippen molar-refractivity contribution in [3.05, 3.63) is 47.0 Å². The number of amides is 2. The summed E-state index contributed by atoms with van der Waals surface area (Å²) in [6, 6.07) is 7.54. The van der Waals surface area contributed by atoms with Crippen LogP contribution in [0.5, 0.6) is 5.75 Å². The van der Waals surface area contributed by atoms with Gasteiger partial charge in [0.15, 0.2) is 5.82 Å². The van der Waals surface area contributed by atoms with Gasteiger partial charge in [0.2, 0.25) is 0 Å². The van der Waals surface area contributed by atoms with Crippen LogP contribution < -0.4 is 15.4 Å². The van der Waals surface area contributed by atoms with E-state index in [9.17, 15) is 9.59 Å². The van der Waals surface area contributed by atoms with E-state index >= 15 is 0 Å². The number of rotatable bonds is 7. The van der Waals surface area contributed by atoms with Crippen LogP contribution in [-0.2, 0) is 19.5 Å². The Labute approximate surface area is 165 Å². The van der Waals surface area contributed by atoms with Gasteiger partial charge in [-0.15, -0.1) is 0 Å². The van der Waals surface area contributed by atoms with E-state index in [-0.39, 0.29) is 11.8 Å². The Morgan fingerprint density at radius 3 is 2.57 bits per heavy atom. The summed E-state index contributed by atoms with van der Waals surface area (Å²) in [5.74, 6) is 1.00. The molecule has 0 atom stereocenters. The molecule has 0 saturated carbocycles. The van der Waals surface area contributed by atoms with Crippen molar-refractivity contribution in [1.29, 1.82) is 0 Å². The molecule has 2 amide bonds. The number of fused-ring (bicyclic) bond motifs is 1. The molecule has 0 aliphatic carbocycles. The molecule has 150 valence electrons. The van der Waals surface area contributed by atoms with Crippen LogP contribution in [0.25, 0.3) is 0 Å². The van der Waals surface area contributed by atoms with E-state index in [1.54, 1.807) is 7.11 Å². The Bertz CT molecular complexity index is 840. The molecule has 28 heavy (non-hydrogen) atoms. The highest BCUT2D eigenvalue weighted by molar-refractivity contribution is 5.97. The fraction of sp³-hybridized carbons (Fsp3) is 0.476. The molecule has 1 aliphatic heterocycles. The third-order valence-electron chi connectivity index (χ3n) is 4.82. The number of methoxy groups -OCH3 is 1. The molecule has 0 bridgehead atoms. The van der Waals surface area contributed by atoms with Gasteiger partial charge >= 0.3 is 0 Å². The molecule has 7 heteroatoms. The van der Waals surface area contributed by atoms with Crippen LogP contribution in [0.2, 0.25) is 0 Å². The van der Waals surface area contributed by atoms with Crippen molar-refractivity contribution in [2.24, 2.45) is 5.92 Å². The molecule has 7 nitrogen and oxygen atoms in total. The summed E-state index contributed by atoms with van der Waals surface area (Å²) in [7, 11) is 1.62. The Hall–Kier alpha value is -2.83. The van der Waals surface area contributed by atoms with Gasteiger partial charge in [-0.05, 0) is 42.9 Å². The molecule has 0 unspecified atom stereocenters. The summed E-state index contributed by atoms with van der Waals surface area (Å²) in [6.45, 7) is 5.78. The van der Waals surface area contributed by atoms with E-state index in [0.717, 1.165) is 42.8 Å². The van der Waals surface area contributed by atoms with Crippen molar-refractivity contribution >= 4 is 11.8 Å². The normalized spacial score (nSPS) is 13.1. The number of hydrogen-bond acceptors (Lipinski definition) is 4. The predicted octanol–water partition coefficient (Wildman–Crippen LogP) is 2.54. The molecule has 1 aliphatic rings. The third-order valence-corrected chi connectivity index (χ3v) is 4.82. The van der Waals surface area contributed by atoms with Gasteiger partial charge in [0.05, 0.1) is 12.8 Å². The van der Waals surface area contributed by atoms with Crippen LogP contribution in [0, 0.1) is 5.92 Å². The molecule has 0 fully saturated rings. The van der Waals surface area contributed by atoms with Crippen LogP contribution in [0.15, 0.2) is 24.3 Å². The monoisotopic (exact) mass is 384 g/mol. The number of nitrogens with zero attached hydrogens (tertiary/aromatic N) is 2. The van der Waals surface area contributed by atoms with Crippen LogP contribution in [0.4, 0.5) is 0 Å². The topological polar surface area (TPSA) is 85.2 Å². The first-order valence-electron chi connectivity index (χ1n) is 9.78. The van der Waals surface area contributed by atoms with Crippen molar-refractivity contribution in [3.8, 4) is 5.75 Å². The lowest BCUT2D eigenvalue weighted by molar-refractivity contribution is 0.0933. The van der Waals surface area contributed by atoms with Crippen molar-refractivity contribution in [2.45, 2.75) is 46.2 Å². The molecule has 3 rings (SSSR count). The third kappa shape index (κ3) is 4.52. The summed E-state index contributed by atoms with van der Waals surface area (Å²) >= 11 is 0. The number of imidazole rings is 1. The van der Waals surface area contributed by atoms with E-state index in [1.165, 1.54) is 0 Å². The Morgan fingerprint density at radius 2 is 1.89 bits per heavy atom. The van der Waals surface area contributed by atoms with Crippen molar-refractivity contribution < 1.29 is 14.3 Å². The average molecular weight is 384 g/mol. The summed E-state index contributed by atoms with van der Waals surface area (Å²) < 4.78 is 7.05. The Kier molecular flexibility index (Phi) is 6.34. The highest BCUT2D eigenvalue weighted by Gasteiger charge is 2.27. The lowest BCUT2D eigenvalue weighted by atomic mass is 10.1. The molecule has 0 spiro atoms. The minimum Gasteiger partial charge on any atom is -0.497 e. The summed E-state index contributed by atoms with van der Waals surface area (Å²) in [5, 5.41) is 5.82. The van der Waals surface area contributed by atoms with E-state index in [4.69, 9.17) is 4.74 Å². The Balaban J connectivity index is 1.74. The summed E-state index contributed by atoms with van der Waals surface area (Å²) in [5.41, 5.74) is 2.19. The van der Waals surface area contributed by atoms with Crippen molar-refractivity contribution in [2.75, 3.05) is 13.7 Å². The maximum atomic E-state index is 12.8. The molecule has 2 N–H and O–H groups in total. The molecular weight excluding hydrogens is 356 g/mol. The number of aromatic nitrogens is 2. The van der Waals surface area contributed by atoms with E-state index in [2.05, 4.69) is 15.6 Å². The summed E-state index contributed by atoms with van der Waals surface area (Å²) in [6.07, 6.45) is 2.74. The second-order valence-electron chi connectivity index (χ2n) is 7.47. The Morgan fingerprint density at radius 1 is 1.14 bits per heavy atom. The predicted molar refractivity (Wildman–Crippen MR) is 107 cm³/mol. The first-order chi connectivity index (χ1) is 13.5. The quantitative estimate of drug-likeness (QED) is 0.768. The van der Waals surface area contributed by atoms with Crippen LogP contribution in [-0.4, -0.2) is 35.0 Å². The van der Waals surface area contributed by atoms with Crippen molar-refractivity contribution in [3.63, 3.8) is 0 Å². The maximum Gasteiger partial charge on any atom is 0.287 e. The van der Waals surface area contributed by atoms with Gasteiger partial charge in [0, 0.05) is 19.6 Å². The molecular formula is C21H28N4O3. The molecule has 2 heterocycles. The fourth-order valence-corrected chi connectivity index (χ4v) is 3.28. The molecule has 0 radical (unpaired) electrons. The fourth-order valence-electron chi connectivity index (χ4n) is 3.28. The number of hydrogen-bond donors (Lipinski definition) is 2. The SMILES string of the molecule is COc1ccc(CNC(=O)c2nc(C(=O)NCC(C)C)n3c2CCCC3)cc1. The van der Waals surface area contributed by atoms with Gasteiger partial charge in [0.1, 0.15) is 11.4 Å². The number of carbonyl (C=O) groups is 2. The lowest BCUT2D eigenvalue weighted by Crippen LogP contribution is -2.30. The van der Waals surface area contributed by atoms with Gasteiger partial charge < -0.3 is 19.9 Å². The minimum absolute atomic E-state index is 0.217. The molecule has 1 aromatic heterocycles. The smallest absolute Gasteiger partial charge is 0.287 e. The van der Waals surface area contributed by atoms with Gasteiger partial charge in [-0.1, -0.05) is 26.0 Å². The summed E-state index contributed by atoms with van der Waals surface area (Å²) in [4.78, 5) is 29.8. The molecule has 1 aromatic carbocycles. The first-order valence-corrected chi connectivity index (χ1v) is 9.78. The van der Waals surface area contributed by atoms with Crippen molar-refractivity contribution in [1.82, 2.24) is 20.2 Å². The average Bonchev–Trinajstić information content (AvgIpc) is 3.10. The highest BCUT2D eigenvalue weighted by atomic mass is 16.5. The number of carbonyl (C=O) groups excluding carboxylic acids is 2. The number of ether oxygens (including phenoxy) is 1. The van der Waals surface area contributed by atoms with Crippen LogP contribution >= 0.6 is 0 Å². The molecule has 0 saturated heterocycles. The maximum absolute atomic E-state index is 12.8. The van der Waals surface area contributed by atoms with Gasteiger partial charge in [-0.25, -0.2) is 4.98 Å². The number of nitrogens with one attached hydrogen (secondary N) is 2. The molecule has 2 aromatic rings. The van der Waals surface area contributed by atoms with Gasteiger partial charge in [-0.3, -0.25) is 9.59 Å². The lowest BCUT2D eigenvalue weighted by Gasteiger charge is -2.17. The van der Waals surface area contributed by atoms with Crippen LogP contribution in [0.3, 0.4) is 0 Å². The zero-order valence-electron chi connectivity index (χ0n) is 16.7. The van der Waals surface area contributed by atoms with E-state index in [1.807, 2.05) is 42.7 Å². The zero-order chi connectivity index (χ0) is 20.1. The first kappa shape index (κ1) is 19.9. The van der Waals surface area contributed by atoms with Gasteiger partial charge in [-0.2, -0.15) is 0 Å². The van der Waals surface area contributed by atoms with Crippen LogP contribution in [0.1, 0.15) is 59.1 Å². The van der Waals surface area contributed by atoms with E-state index < -0.39 is 0 Å². The van der Waals surface area contributed by atoms with E-state index in [0.29, 0.717) is 30.5 Å². The van der Waals surface area contributed by atoms with Gasteiger partial charge in [0.25, 0.3) is 11.8 Å². The second kappa shape index (κ2) is 8.91. The largest absolute Gasteiger partial charge is 0.497 e.